The van der Waals surface area contributed by atoms with Crippen LogP contribution < -0.4 is 16.0 Å². The molecule has 0 heterocycles. The fourth-order valence-corrected chi connectivity index (χ4v) is 1.91. The molecule has 1 atom stereocenters. The Morgan fingerprint density at radius 2 is 2.05 bits per heavy atom. The van der Waals surface area contributed by atoms with E-state index in [2.05, 4.69) is 16.0 Å². The van der Waals surface area contributed by atoms with Gasteiger partial charge in [-0.25, -0.2) is 0 Å². The zero-order valence-electron chi connectivity index (χ0n) is 11.5. The lowest BCUT2D eigenvalue weighted by Gasteiger charge is -2.16. The van der Waals surface area contributed by atoms with Crippen LogP contribution in [0.25, 0.3) is 0 Å². The second kappa shape index (κ2) is 5.77. The van der Waals surface area contributed by atoms with Gasteiger partial charge in [0.05, 0.1) is 4.92 Å². The summed E-state index contributed by atoms with van der Waals surface area (Å²) >= 11 is 0. The fraction of sp³-hybridized carbons (Fsp3) is 0.462. The van der Waals surface area contributed by atoms with Crippen molar-refractivity contribution >= 4 is 23.0 Å². The molecule has 1 aromatic carbocycles. The number of hydrogen-bond acceptors (Lipinski definition) is 5. The zero-order chi connectivity index (χ0) is 14.7. The second-order valence-electron chi connectivity index (χ2n) is 4.86. The average Bonchev–Trinajstić information content (AvgIpc) is 3.21. The summed E-state index contributed by atoms with van der Waals surface area (Å²) in [5.41, 5.74) is 0.691. The van der Waals surface area contributed by atoms with Gasteiger partial charge in [0.2, 0.25) is 5.91 Å². The van der Waals surface area contributed by atoms with Crippen molar-refractivity contribution < 1.29 is 9.72 Å². The maximum atomic E-state index is 11.9. The molecule has 0 saturated heterocycles. The lowest BCUT2D eigenvalue weighted by molar-refractivity contribution is -0.383. The number of carbonyl (C=O) groups is 1. The Hall–Kier alpha value is -2.31. The number of benzene rings is 1. The predicted octanol–water partition coefficient (Wildman–Crippen LogP) is 1.72. The first kappa shape index (κ1) is 14.1. The molecule has 7 nitrogen and oxygen atoms in total. The van der Waals surface area contributed by atoms with E-state index in [0.29, 0.717) is 11.4 Å². The van der Waals surface area contributed by atoms with Crippen LogP contribution in [0.2, 0.25) is 0 Å². The topological polar surface area (TPSA) is 96.3 Å². The van der Waals surface area contributed by atoms with E-state index in [1.54, 1.807) is 32.2 Å². The molecule has 1 amide bonds. The highest BCUT2D eigenvalue weighted by Crippen LogP contribution is 2.32. The summed E-state index contributed by atoms with van der Waals surface area (Å²) < 4.78 is 0. The lowest BCUT2D eigenvalue weighted by atomic mass is 10.2. The highest BCUT2D eigenvalue weighted by Gasteiger charge is 2.27. The van der Waals surface area contributed by atoms with Crippen molar-refractivity contribution in [3.63, 3.8) is 0 Å². The van der Waals surface area contributed by atoms with Crippen molar-refractivity contribution in [2.75, 3.05) is 17.7 Å². The molecule has 3 N–H and O–H groups in total. The van der Waals surface area contributed by atoms with Gasteiger partial charge in [-0.3, -0.25) is 14.9 Å². The van der Waals surface area contributed by atoms with Gasteiger partial charge in [0.15, 0.2) is 0 Å². The van der Waals surface area contributed by atoms with Crippen molar-refractivity contribution in [3.05, 3.63) is 28.3 Å². The summed E-state index contributed by atoms with van der Waals surface area (Å²) in [7, 11) is 1.62. The van der Waals surface area contributed by atoms with E-state index in [9.17, 15) is 14.9 Å². The molecule has 2 rings (SSSR count). The van der Waals surface area contributed by atoms with Crippen LogP contribution in [0.5, 0.6) is 0 Å². The van der Waals surface area contributed by atoms with Gasteiger partial charge in [-0.15, -0.1) is 0 Å². The van der Waals surface area contributed by atoms with Crippen molar-refractivity contribution in [2.45, 2.75) is 31.8 Å². The number of carbonyl (C=O) groups excluding carboxylic acids is 1. The molecule has 1 unspecified atom stereocenters. The Labute approximate surface area is 116 Å². The maximum Gasteiger partial charge on any atom is 0.315 e. The molecule has 7 heteroatoms. The first-order valence-electron chi connectivity index (χ1n) is 6.55. The molecular weight excluding hydrogens is 260 g/mol. The normalized spacial score (nSPS) is 15.3. The zero-order valence-corrected chi connectivity index (χ0v) is 11.5. The summed E-state index contributed by atoms with van der Waals surface area (Å²) in [6.45, 7) is 1.69. The maximum absolute atomic E-state index is 11.9. The number of anilines is 2. The van der Waals surface area contributed by atoms with E-state index in [0.717, 1.165) is 12.8 Å². The van der Waals surface area contributed by atoms with Gasteiger partial charge >= 0.3 is 5.69 Å². The third-order valence-electron chi connectivity index (χ3n) is 3.18. The van der Waals surface area contributed by atoms with Crippen molar-refractivity contribution in [1.29, 1.82) is 0 Å². The third kappa shape index (κ3) is 3.17. The number of nitrogens with one attached hydrogen (secondary N) is 3. The van der Waals surface area contributed by atoms with Gasteiger partial charge in [0.25, 0.3) is 0 Å². The van der Waals surface area contributed by atoms with Crippen LogP contribution in [0.3, 0.4) is 0 Å². The van der Waals surface area contributed by atoms with Crippen LogP contribution in [0.15, 0.2) is 18.2 Å². The van der Waals surface area contributed by atoms with Crippen LogP contribution in [0, 0.1) is 10.1 Å². The number of hydrogen-bond donors (Lipinski definition) is 3. The molecule has 1 saturated carbocycles. The standard InChI is InChI=1S/C13H18N4O3/c1-8(13(18)16-9-6-7-9)15-11-5-3-4-10(14-2)12(11)17(19)20/h3-5,8-9,14-15H,6-7H2,1-2H3,(H,16,18). The number of amides is 1. The van der Waals surface area contributed by atoms with Gasteiger partial charge in [-0.2, -0.15) is 0 Å². The van der Waals surface area contributed by atoms with Crippen molar-refractivity contribution in [3.8, 4) is 0 Å². The minimum atomic E-state index is -0.526. The summed E-state index contributed by atoms with van der Waals surface area (Å²) in [6, 6.07) is 4.66. The summed E-state index contributed by atoms with van der Waals surface area (Å²) in [5.74, 6) is -0.142. The van der Waals surface area contributed by atoms with E-state index < -0.39 is 11.0 Å². The number of rotatable bonds is 6. The Bertz CT molecular complexity index is 528. The minimum Gasteiger partial charge on any atom is -0.382 e. The molecule has 1 aliphatic rings. The second-order valence-corrected chi connectivity index (χ2v) is 4.86. The van der Waals surface area contributed by atoms with Crippen LogP contribution in [-0.4, -0.2) is 30.0 Å². The lowest BCUT2D eigenvalue weighted by Crippen LogP contribution is -2.38. The van der Waals surface area contributed by atoms with Gasteiger partial charge in [0.1, 0.15) is 17.4 Å². The molecule has 0 spiro atoms. The quantitative estimate of drug-likeness (QED) is 0.544. The molecular formula is C13H18N4O3. The third-order valence-corrected chi connectivity index (χ3v) is 3.18. The van der Waals surface area contributed by atoms with Gasteiger partial charge in [-0.1, -0.05) is 6.07 Å². The van der Waals surface area contributed by atoms with E-state index in [-0.39, 0.29) is 17.6 Å². The number of nitro groups is 1. The summed E-state index contributed by atoms with van der Waals surface area (Å²) in [6.07, 6.45) is 2.02. The molecule has 108 valence electrons. The Balaban J connectivity index is 2.15. The molecule has 20 heavy (non-hydrogen) atoms. The minimum absolute atomic E-state index is 0.0546. The summed E-state index contributed by atoms with van der Waals surface area (Å²) in [4.78, 5) is 22.6. The van der Waals surface area contributed by atoms with E-state index >= 15 is 0 Å². The number of nitro benzene ring substituents is 1. The molecule has 0 aliphatic heterocycles. The molecule has 0 radical (unpaired) electrons. The molecule has 1 fully saturated rings. The highest BCUT2D eigenvalue weighted by molar-refractivity contribution is 5.86. The number of para-hydroxylation sites is 1. The highest BCUT2D eigenvalue weighted by atomic mass is 16.6. The van der Waals surface area contributed by atoms with Gasteiger partial charge < -0.3 is 16.0 Å². The van der Waals surface area contributed by atoms with E-state index in [4.69, 9.17) is 0 Å². The first-order chi connectivity index (χ1) is 9.52. The number of nitrogens with zero attached hydrogens (tertiary/aromatic N) is 1. The first-order valence-corrected chi connectivity index (χ1v) is 6.55. The molecule has 1 aromatic rings. The van der Waals surface area contributed by atoms with Crippen LogP contribution in [0.1, 0.15) is 19.8 Å². The fourth-order valence-electron chi connectivity index (χ4n) is 1.91. The molecule has 0 aromatic heterocycles. The smallest absolute Gasteiger partial charge is 0.315 e. The van der Waals surface area contributed by atoms with Gasteiger partial charge in [-0.05, 0) is 31.9 Å². The average molecular weight is 278 g/mol. The predicted molar refractivity (Wildman–Crippen MR) is 76.9 cm³/mol. The SMILES string of the molecule is CNc1cccc(NC(C)C(=O)NC2CC2)c1[N+](=O)[O-]. The Morgan fingerprint density at radius 1 is 1.40 bits per heavy atom. The van der Waals surface area contributed by atoms with Crippen molar-refractivity contribution in [1.82, 2.24) is 5.32 Å². The van der Waals surface area contributed by atoms with Crippen LogP contribution in [0.4, 0.5) is 17.1 Å². The van der Waals surface area contributed by atoms with Crippen molar-refractivity contribution in [2.24, 2.45) is 0 Å². The van der Waals surface area contributed by atoms with Gasteiger partial charge in [0, 0.05) is 13.1 Å². The molecule has 1 aliphatic carbocycles. The molecule has 0 bridgehead atoms. The van der Waals surface area contributed by atoms with Crippen LogP contribution >= 0.6 is 0 Å². The van der Waals surface area contributed by atoms with E-state index in [1.165, 1.54) is 0 Å². The summed E-state index contributed by atoms with van der Waals surface area (Å²) in [5, 5.41) is 19.7. The van der Waals surface area contributed by atoms with E-state index in [1.807, 2.05) is 0 Å². The monoisotopic (exact) mass is 278 g/mol. The van der Waals surface area contributed by atoms with Crippen LogP contribution in [-0.2, 0) is 4.79 Å². The Morgan fingerprint density at radius 3 is 2.60 bits per heavy atom. The Kier molecular flexibility index (Phi) is 4.07. The largest absolute Gasteiger partial charge is 0.382 e.